The van der Waals surface area contributed by atoms with E-state index < -0.39 is 24.0 Å². The Hall–Kier alpha value is -2.65. The molecule has 3 aliphatic rings. The average molecular weight is 534 g/mol. The molecule has 2 amide bonds. The van der Waals surface area contributed by atoms with E-state index in [1.165, 1.54) is 0 Å². The van der Waals surface area contributed by atoms with Gasteiger partial charge in [0.25, 0.3) is 0 Å². The van der Waals surface area contributed by atoms with Gasteiger partial charge in [0.05, 0.1) is 5.41 Å². The molecule has 1 aliphatic heterocycles. The third kappa shape index (κ3) is 6.49. The van der Waals surface area contributed by atoms with Crippen molar-refractivity contribution in [3.05, 3.63) is 53.1 Å². The molecule has 2 aliphatic carbocycles. The molecule has 1 fully saturated rings. The molecule has 1 atom stereocenters. The van der Waals surface area contributed by atoms with Crippen molar-refractivity contribution >= 4 is 17.4 Å². The molecule has 0 saturated carbocycles. The zero-order valence-corrected chi connectivity index (χ0v) is 22.0. The molecular weight excluding hydrogens is 495 g/mol. The number of fused-ring (bicyclic) bond motifs is 2. The van der Waals surface area contributed by atoms with Crippen LogP contribution in [0.25, 0.3) is 5.57 Å². The minimum Gasteiger partial charge on any atom is -0.372 e. The Morgan fingerprint density at radius 3 is 2.66 bits per heavy atom. The number of ether oxygens (including phenoxy) is 1. The number of alkyl halides is 3. The van der Waals surface area contributed by atoms with Crippen molar-refractivity contribution in [3.63, 3.8) is 0 Å². The van der Waals surface area contributed by atoms with Crippen molar-refractivity contribution in [2.75, 3.05) is 39.4 Å². The highest BCUT2D eigenvalue weighted by atomic mass is 19.4. The number of nitrogens with one attached hydrogen (secondary N) is 2. The van der Waals surface area contributed by atoms with E-state index in [-0.39, 0.29) is 18.6 Å². The molecule has 2 N–H and O–H groups in total. The first-order chi connectivity index (χ1) is 18.2. The summed E-state index contributed by atoms with van der Waals surface area (Å²) in [6, 6.07) is 7.83. The third-order valence-electron chi connectivity index (χ3n) is 7.85. The van der Waals surface area contributed by atoms with Gasteiger partial charge in [-0.25, -0.2) is 0 Å². The van der Waals surface area contributed by atoms with Crippen molar-refractivity contribution in [2.24, 2.45) is 0 Å². The van der Waals surface area contributed by atoms with E-state index in [9.17, 15) is 22.8 Å². The number of piperidine rings is 1. The minimum atomic E-state index is -4.47. The van der Waals surface area contributed by atoms with Crippen molar-refractivity contribution in [2.45, 2.75) is 69.5 Å². The number of amides is 2. The lowest BCUT2D eigenvalue weighted by Crippen LogP contribution is -2.47. The Kier molecular flexibility index (Phi) is 9.31. The largest absolute Gasteiger partial charge is 0.405 e. The lowest BCUT2D eigenvalue weighted by atomic mass is 9.71. The van der Waals surface area contributed by atoms with Crippen LogP contribution in [0.2, 0.25) is 0 Å². The summed E-state index contributed by atoms with van der Waals surface area (Å²) >= 11 is 0. The number of halogens is 3. The molecule has 0 spiro atoms. The number of benzene rings is 1. The van der Waals surface area contributed by atoms with Crippen LogP contribution in [0.1, 0.15) is 63.0 Å². The standard InChI is InChI=1S/C29H38F3N3O3/c1-2-38-19-26(36)34-21-13-17-35(18-14-21)16-8-7-15-28(27(37)33-20-29(30,31)32)24-11-5-3-9-22(24)23-10-4-6-12-25(23)28/h3,5-6,9,11-12,21H,2,4,7-8,10,13-20H2,1H3,(H,33,37)(H,34,36). The molecule has 1 saturated heterocycles. The smallest absolute Gasteiger partial charge is 0.372 e. The average Bonchev–Trinajstić information content (AvgIpc) is 3.20. The van der Waals surface area contributed by atoms with Crippen molar-refractivity contribution in [3.8, 4) is 0 Å². The van der Waals surface area contributed by atoms with Gasteiger partial charge in [-0.2, -0.15) is 13.2 Å². The molecule has 1 unspecified atom stereocenters. The summed E-state index contributed by atoms with van der Waals surface area (Å²) in [5.41, 5.74) is 2.64. The van der Waals surface area contributed by atoms with Crippen LogP contribution in [0.5, 0.6) is 0 Å². The summed E-state index contributed by atoms with van der Waals surface area (Å²) in [5.74, 6) is -0.649. The van der Waals surface area contributed by atoms with Crippen molar-refractivity contribution in [1.82, 2.24) is 15.5 Å². The number of hydrogen-bond donors (Lipinski definition) is 2. The van der Waals surface area contributed by atoms with Crippen LogP contribution in [-0.2, 0) is 19.7 Å². The molecule has 1 aromatic rings. The second-order valence-electron chi connectivity index (χ2n) is 10.4. The molecular formula is C29H38F3N3O3. The highest BCUT2D eigenvalue weighted by molar-refractivity contribution is 6.01. The van der Waals surface area contributed by atoms with E-state index in [0.717, 1.165) is 74.0 Å². The predicted molar refractivity (Wildman–Crippen MR) is 140 cm³/mol. The number of nitrogens with zero attached hydrogens (tertiary/aromatic N) is 1. The SMILES string of the molecule is CCOCC(=O)NC1CCN(CCCCC2(C(=O)NCC(F)(F)F)C3=C(CCC=C3)c3ccccc32)CC1. The number of allylic oxidation sites excluding steroid dienone is 3. The van der Waals surface area contributed by atoms with Crippen LogP contribution in [0.15, 0.2) is 42.0 Å². The zero-order chi connectivity index (χ0) is 27.2. The summed E-state index contributed by atoms with van der Waals surface area (Å²) in [5, 5.41) is 5.24. The van der Waals surface area contributed by atoms with Gasteiger partial charge in [-0.3, -0.25) is 9.59 Å². The van der Waals surface area contributed by atoms with Gasteiger partial charge in [0.1, 0.15) is 13.2 Å². The maximum absolute atomic E-state index is 13.6. The van der Waals surface area contributed by atoms with E-state index >= 15 is 0 Å². The normalized spacial score (nSPS) is 21.8. The minimum absolute atomic E-state index is 0.0818. The molecule has 38 heavy (non-hydrogen) atoms. The van der Waals surface area contributed by atoms with Crippen LogP contribution in [0.3, 0.4) is 0 Å². The topological polar surface area (TPSA) is 70.7 Å². The maximum Gasteiger partial charge on any atom is 0.405 e. The van der Waals surface area contributed by atoms with Crippen LogP contribution in [0, 0.1) is 0 Å². The summed E-state index contributed by atoms with van der Waals surface area (Å²) < 4.78 is 44.3. The molecule has 0 radical (unpaired) electrons. The van der Waals surface area contributed by atoms with E-state index in [2.05, 4.69) is 15.5 Å². The summed E-state index contributed by atoms with van der Waals surface area (Å²) in [6.07, 6.45) is 4.90. The lowest BCUT2D eigenvalue weighted by Gasteiger charge is -2.34. The van der Waals surface area contributed by atoms with E-state index in [1.54, 1.807) is 0 Å². The second-order valence-corrected chi connectivity index (χ2v) is 10.4. The number of carbonyl (C=O) groups excluding carboxylic acids is 2. The number of carbonyl (C=O) groups is 2. The fourth-order valence-electron chi connectivity index (χ4n) is 6.06. The highest BCUT2D eigenvalue weighted by Crippen LogP contribution is 2.52. The number of unbranched alkanes of at least 4 members (excludes halogenated alkanes) is 1. The molecule has 0 aromatic heterocycles. The van der Waals surface area contributed by atoms with Gasteiger partial charge in [0.2, 0.25) is 11.8 Å². The molecule has 9 heteroatoms. The maximum atomic E-state index is 13.6. The highest BCUT2D eigenvalue weighted by Gasteiger charge is 2.50. The molecule has 1 heterocycles. The Labute approximate surface area is 222 Å². The molecule has 6 nitrogen and oxygen atoms in total. The molecule has 1 aromatic carbocycles. The quantitative estimate of drug-likeness (QED) is 0.411. The molecule has 0 bridgehead atoms. The number of hydrogen-bond acceptors (Lipinski definition) is 4. The first-order valence-electron chi connectivity index (χ1n) is 13.7. The third-order valence-corrected chi connectivity index (χ3v) is 7.85. The summed E-state index contributed by atoms with van der Waals surface area (Å²) in [4.78, 5) is 27.9. The van der Waals surface area contributed by atoms with E-state index in [4.69, 9.17) is 4.74 Å². The first-order valence-corrected chi connectivity index (χ1v) is 13.7. The van der Waals surface area contributed by atoms with Crippen LogP contribution >= 0.6 is 0 Å². The predicted octanol–water partition coefficient (Wildman–Crippen LogP) is 4.51. The number of likely N-dealkylation sites (tertiary alicyclic amines) is 1. The summed E-state index contributed by atoms with van der Waals surface area (Å²) in [6.45, 7) is 3.72. The Morgan fingerprint density at radius 2 is 1.92 bits per heavy atom. The fraction of sp³-hybridized carbons (Fsp3) is 0.586. The molecule has 4 rings (SSSR count). The summed E-state index contributed by atoms with van der Waals surface area (Å²) in [7, 11) is 0. The van der Waals surface area contributed by atoms with Gasteiger partial charge in [-0.05, 0) is 74.3 Å². The Morgan fingerprint density at radius 1 is 1.16 bits per heavy atom. The van der Waals surface area contributed by atoms with Gasteiger partial charge in [0, 0.05) is 25.7 Å². The van der Waals surface area contributed by atoms with Crippen LogP contribution in [-0.4, -0.2) is 68.3 Å². The zero-order valence-electron chi connectivity index (χ0n) is 22.0. The van der Waals surface area contributed by atoms with E-state index in [1.807, 2.05) is 43.3 Å². The van der Waals surface area contributed by atoms with Crippen LogP contribution in [0.4, 0.5) is 13.2 Å². The van der Waals surface area contributed by atoms with Gasteiger partial charge in [-0.15, -0.1) is 0 Å². The molecule has 208 valence electrons. The van der Waals surface area contributed by atoms with Crippen LogP contribution < -0.4 is 10.6 Å². The van der Waals surface area contributed by atoms with Gasteiger partial charge in [-0.1, -0.05) is 42.8 Å². The van der Waals surface area contributed by atoms with Crippen molar-refractivity contribution < 1.29 is 27.5 Å². The fourth-order valence-corrected chi connectivity index (χ4v) is 6.06. The van der Waals surface area contributed by atoms with Crippen molar-refractivity contribution in [1.29, 1.82) is 0 Å². The Balaban J connectivity index is 1.39. The number of rotatable bonds is 11. The first kappa shape index (κ1) is 28.4. The monoisotopic (exact) mass is 533 g/mol. The lowest BCUT2D eigenvalue weighted by molar-refractivity contribution is -0.141. The Bertz CT molecular complexity index is 1060. The van der Waals surface area contributed by atoms with Gasteiger partial charge < -0.3 is 20.3 Å². The second kappa shape index (κ2) is 12.5. The van der Waals surface area contributed by atoms with Gasteiger partial charge >= 0.3 is 6.18 Å². The van der Waals surface area contributed by atoms with E-state index in [0.29, 0.717) is 19.4 Å². The van der Waals surface area contributed by atoms with Gasteiger partial charge in [0.15, 0.2) is 0 Å².